The van der Waals surface area contributed by atoms with Gasteiger partial charge in [-0.2, -0.15) is 5.10 Å². The van der Waals surface area contributed by atoms with Crippen LogP contribution in [0.25, 0.3) is 0 Å². The maximum atomic E-state index is 12.6. The highest BCUT2D eigenvalue weighted by Gasteiger charge is 2.23. The van der Waals surface area contributed by atoms with Crippen LogP contribution in [0.1, 0.15) is 65.5 Å². The van der Waals surface area contributed by atoms with Crippen molar-refractivity contribution in [2.45, 2.75) is 45.8 Å². The molecule has 2 heterocycles. The molecule has 6 nitrogen and oxygen atoms in total. The number of benzene rings is 2. The van der Waals surface area contributed by atoms with Crippen LogP contribution in [0.5, 0.6) is 5.75 Å². The third-order valence-electron chi connectivity index (χ3n) is 6.43. The van der Waals surface area contributed by atoms with Gasteiger partial charge in [0.1, 0.15) is 18.1 Å². The zero-order valence-electron chi connectivity index (χ0n) is 20.3. The molecule has 4 aromatic rings. The lowest BCUT2D eigenvalue weighted by Crippen LogP contribution is -2.26. The van der Waals surface area contributed by atoms with Crippen LogP contribution in [0.15, 0.2) is 77.3 Å². The predicted molar refractivity (Wildman–Crippen MR) is 132 cm³/mol. The van der Waals surface area contributed by atoms with Gasteiger partial charge in [-0.15, -0.1) is 0 Å². The maximum absolute atomic E-state index is 12.6. The molecule has 0 fully saturated rings. The van der Waals surface area contributed by atoms with E-state index in [0.29, 0.717) is 5.76 Å². The Morgan fingerprint density at radius 3 is 2.38 bits per heavy atom. The van der Waals surface area contributed by atoms with Crippen molar-refractivity contribution in [3.8, 4) is 5.75 Å². The van der Waals surface area contributed by atoms with Crippen molar-refractivity contribution in [2.75, 3.05) is 0 Å². The van der Waals surface area contributed by atoms with Gasteiger partial charge in [0.15, 0.2) is 5.76 Å². The average Bonchev–Trinajstić information content (AvgIpc) is 3.45. The summed E-state index contributed by atoms with van der Waals surface area (Å²) < 4.78 is 13.4. The normalized spacial score (nSPS) is 12.4. The SMILES string of the molecule is Cc1c(C(C)NC(=O)c2ccc(COc3ccc(C(C)(C)c4ccccc4)cc3)o2)cnn1C. The molecule has 0 aliphatic carbocycles. The minimum Gasteiger partial charge on any atom is -0.486 e. The number of hydrogen-bond donors (Lipinski definition) is 1. The van der Waals surface area contributed by atoms with Gasteiger partial charge >= 0.3 is 0 Å². The Balaban J connectivity index is 1.35. The van der Waals surface area contributed by atoms with Gasteiger partial charge in [-0.3, -0.25) is 9.48 Å². The van der Waals surface area contributed by atoms with Crippen molar-refractivity contribution < 1.29 is 13.9 Å². The van der Waals surface area contributed by atoms with Crippen molar-refractivity contribution in [1.29, 1.82) is 0 Å². The third-order valence-corrected chi connectivity index (χ3v) is 6.43. The fraction of sp³-hybridized carbons (Fsp3) is 0.286. The van der Waals surface area contributed by atoms with E-state index in [2.05, 4.69) is 60.7 Å². The van der Waals surface area contributed by atoms with E-state index in [-0.39, 0.29) is 29.7 Å². The van der Waals surface area contributed by atoms with Gasteiger partial charge in [0, 0.05) is 23.7 Å². The zero-order valence-corrected chi connectivity index (χ0v) is 20.3. The second-order valence-corrected chi connectivity index (χ2v) is 9.07. The summed E-state index contributed by atoms with van der Waals surface area (Å²) in [6.07, 6.45) is 1.77. The monoisotopic (exact) mass is 457 g/mol. The second-order valence-electron chi connectivity index (χ2n) is 9.07. The number of aryl methyl sites for hydroxylation is 1. The first kappa shape index (κ1) is 23.4. The molecule has 1 atom stereocenters. The van der Waals surface area contributed by atoms with Gasteiger partial charge in [0.2, 0.25) is 0 Å². The van der Waals surface area contributed by atoms with Crippen LogP contribution < -0.4 is 10.1 Å². The number of ether oxygens (including phenoxy) is 1. The van der Waals surface area contributed by atoms with E-state index in [1.54, 1.807) is 23.0 Å². The van der Waals surface area contributed by atoms with Crippen LogP contribution in [0.4, 0.5) is 0 Å². The fourth-order valence-electron chi connectivity index (χ4n) is 4.01. The Morgan fingerprint density at radius 2 is 1.74 bits per heavy atom. The molecule has 2 aromatic heterocycles. The average molecular weight is 458 g/mol. The third kappa shape index (κ3) is 4.91. The molecular weight excluding hydrogens is 426 g/mol. The van der Waals surface area contributed by atoms with Crippen molar-refractivity contribution in [3.63, 3.8) is 0 Å². The Hall–Kier alpha value is -3.80. The lowest BCUT2D eigenvalue weighted by atomic mass is 9.78. The Kier molecular flexibility index (Phi) is 6.59. The Morgan fingerprint density at radius 1 is 1.06 bits per heavy atom. The highest BCUT2D eigenvalue weighted by molar-refractivity contribution is 5.91. The molecule has 34 heavy (non-hydrogen) atoms. The molecule has 1 unspecified atom stereocenters. The van der Waals surface area contributed by atoms with E-state index in [1.807, 2.05) is 39.1 Å². The molecule has 0 radical (unpaired) electrons. The number of amides is 1. The molecule has 0 aliphatic heterocycles. The summed E-state index contributed by atoms with van der Waals surface area (Å²) in [4.78, 5) is 12.6. The van der Waals surface area contributed by atoms with E-state index in [4.69, 9.17) is 9.15 Å². The van der Waals surface area contributed by atoms with Gasteiger partial charge in [-0.1, -0.05) is 56.3 Å². The Bertz CT molecular complexity index is 1250. The first-order chi connectivity index (χ1) is 16.3. The largest absolute Gasteiger partial charge is 0.486 e. The fourth-order valence-corrected chi connectivity index (χ4v) is 4.01. The molecule has 0 saturated carbocycles. The molecule has 0 spiro atoms. The lowest BCUT2D eigenvalue weighted by molar-refractivity contribution is 0.0907. The molecular formula is C28H31N3O3. The number of nitrogens with one attached hydrogen (secondary N) is 1. The van der Waals surface area contributed by atoms with E-state index < -0.39 is 0 Å². The van der Waals surface area contributed by atoms with Crippen LogP contribution in [0.3, 0.4) is 0 Å². The van der Waals surface area contributed by atoms with E-state index in [0.717, 1.165) is 17.0 Å². The molecule has 0 saturated heterocycles. The number of hydrogen-bond acceptors (Lipinski definition) is 4. The Labute approximate surface area is 200 Å². The first-order valence-corrected chi connectivity index (χ1v) is 11.4. The molecule has 2 aromatic carbocycles. The zero-order chi connectivity index (χ0) is 24.3. The quantitative estimate of drug-likeness (QED) is 0.368. The molecule has 0 aliphatic rings. The van der Waals surface area contributed by atoms with Gasteiger partial charge in [0.25, 0.3) is 5.91 Å². The number of furan rings is 1. The minimum absolute atomic E-state index is 0.103. The maximum Gasteiger partial charge on any atom is 0.287 e. The van der Waals surface area contributed by atoms with Gasteiger partial charge < -0.3 is 14.5 Å². The van der Waals surface area contributed by atoms with E-state index in [9.17, 15) is 4.79 Å². The summed E-state index contributed by atoms with van der Waals surface area (Å²) >= 11 is 0. The van der Waals surface area contributed by atoms with Gasteiger partial charge in [0.05, 0.1) is 12.2 Å². The minimum atomic E-state index is -0.269. The van der Waals surface area contributed by atoms with Gasteiger partial charge in [-0.05, 0) is 49.2 Å². The van der Waals surface area contributed by atoms with E-state index >= 15 is 0 Å². The first-order valence-electron chi connectivity index (χ1n) is 11.4. The summed E-state index contributed by atoms with van der Waals surface area (Å²) in [6.45, 7) is 8.57. The summed E-state index contributed by atoms with van der Waals surface area (Å²) in [6, 6.07) is 21.8. The van der Waals surface area contributed by atoms with Crippen LogP contribution in [-0.4, -0.2) is 15.7 Å². The molecule has 4 rings (SSSR count). The number of rotatable bonds is 8. The smallest absolute Gasteiger partial charge is 0.287 e. The number of carbonyl (C=O) groups is 1. The second kappa shape index (κ2) is 9.59. The highest BCUT2D eigenvalue weighted by atomic mass is 16.5. The van der Waals surface area contributed by atoms with Crippen LogP contribution in [0.2, 0.25) is 0 Å². The van der Waals surface area contributed by atoms with Gasteiger partial charge in [-0.25, -0.2) is 0 Å². The molecule has 1 N–H and O–H groups in total. The molecule has 176 valence electrons. The van der Waals surface area contributed by atoms with Crippen molar-refractivity contribution in [2.24, 2.45) is 7.05 Å². The summed E-state index contributed by atoms with van der Waals surface area (Å²) in [5, 5.41) is 7.19. The van der Waals surface area contributed by atoms with E-state index in [1.165, 1.54) is 11.1 Å². The van der Waals surface area contributed by atoms with Crippen LogP contribution >= 0.6 is 0 Å². The van der Waals surface area contributed by atoms with Crippen molar-refractivity contribution >= 4 is 5.91 Å². The van der Waals surface area contributed by atoms with Crippen molar-refractivity contribution in [3.05, 3.63) is 107 Å². The molecule has 6 heteroatoms. The van der Waals surface area contributed by atoms with Crippen molar-refractivity contribution in [1.82, 2.24) is 15.1 Å². The van der Waals surface area contributed by atoms with Crippen LogP contribution in [-0.2, 0) is 19.1 Å². The topological polar surface area (TPSA) is 69.3 Å². The lowest BCUT2D eigenvalue weighted by Gasteiger charge is -2.26. The predicted octanol–water partition coefficient (Wildman–Crippen LogP) is 5.72. The summed E-state index contributed by atoms with van der Waals surface area (Å²) in [7, 11) is 1.88. The highest BCUT2D eigenvalue weighted by Crippen LogP contribution is 2.32. The number of aromatic nitrogens is 2. The molecule has 1 amide bonds. The standard InChI is InChI=1S/C28H31N3O3/c1-19(25-17-29-31(5)20(25)2)30-27(32)26-16-15-24(34-26)18-33-23-13-11-22(12-14-23)28(3,4)21-9-7-6-8-10-21/h6-17,19H,18H2,1-5H3,(H,30,32). The summed E-state index contributed by atoms with van der Waals surface area (Å²) in [5.74, 6) is 1.32. The molecule has 0 bridgehead atoms. The number of carbonyl (C=O) groups excluding carboxylic acids is 1. The number of nitrogens with zero attached hydrogens (tertiary/aromatic N) is 2. The van der Waals surface area contributed by atoms with Crippen LogP contribution in [0, 0.1) is 6.92 Å². The summed E-state index contributed by atoms with van der Waals surface area (Å²) in [5.41, 5.74) is 4.36.